The molecule has 1 saturated heterocycles. The Morgan fingerprint density at radius 1 is 1.38 bits per heavy atom. The maximum atomic E-state index is 12.0. The van der Waals surface area contributed by atoms with E-state index >= 15 is 0 Å². The Balaban J connectivity index is 2.77. The van der Waals surface area contributed by atoms with E-state index in [-0.39, 0.29) is 13.0 Å². The quantitative estimate of drug-likeness (QED) is 0.656. The average Bonchev–Trinajstić information content (AvgIpc) is 2.15. The van der Waals surface area contributed by atoms with Crippen LogP contribution >= 0.6 is 0 Å². The predicted molar refractivity (Wildman–Crippen MR) is 43.4 cm³/mol. The Bertz CT molecular complexity index is 339. The van der Waals surface area contributed by atoms with Crippen molar-refractivity contribution >= 4 is 17.7 Å². The number of amides is 1. The van der Waals surface area contributed by atoms with Gasteiger partial charge in [-0.05, 0) is 0 Å². The zero-order chi connectivity index (χ0) is 12.5. The fourth-order valence-electron chi connectivity index (χ4n) is 1.41. The SMILES string of the molecule is O=C(O)C1CN(C(=O)C(F)(F)F)CCC1=O. The summed E-state index contributed by atoms with van der Waals surface area (Å²) in [5, 5.41) is 8.57. The first-order chi connectivity index (χ1) is 7.23. The maximum Gasteiger partial charge on any atom is 0.471 e. The minimum atomic E-state index is -5.04. The lowest BCUT2D eigenvalue weighted by molar-refractivity contribution is -0.187. The highest BCUT2D eigenvalue weighted by molar-refractivity contribution is 6.00. The van der Waals surface area contributed by atoms with Crippen molar-refractivity contribution in [3.63, 3.8) is 0 Å². The number of halogens is 3. The molecule has 1 heterocycles. The number of ketones is 1. The number of nitrogens with zero attached hydrogens (tertiary/aromatic N) is 1. The van der Waals surface area contributed by atoms with E-state index in [4.69, 9.17) is 5.11 Å². The van der Waals surface area contributed by atoms with Gasteiger partial charge in [0.1, 0.15) is 5.92 Å². The molecule has 1 fully saturated rings. The number of alkyl halides is 3. The molecule has 0 aliphatic carbocycles. The molecule has 8 heteroatoms. The summed E-state index contributed by atoms with van der Waals surface area (Å²) in [6.07, 6.45) is -5.40. The summed E-state index contributed by atoms with van der Waals surface area (Å²) in [5.74, 6) is -5.82. The minimum Gasteiger partial charge on any atom is -0.481 e. The fourth-order valence-corrected chi connectivity index (χ4v) is 1.41. The Morgan fingerprint density at radius 2 is 1.94 bits per heavy atom. The van der Waals surface area contributed by atoms with Crippen LogP contribution in [0, 0.1) is 5.92 Å². The number of hydrogen-bond donors (Lipinski definition) is 1. The molecule has 0 aromatic rings. The number of carbonyl (C=O) groups excluding carboxylic acids is 2. The standard InChI is InChI=1S/C8H8F3NO4/c9-8(10,11)7(16)12-2-1-5(13)4(3-12)6(14)15/h4H,1-3H2,(H,14,15). The smallest absolute Gasteiger partial charge is 0.471 e. The van der Waals surface area contributed by atoms with E-state index in [0.717, 1.165) is 0 Å². The van der Waals surface area contributed by atoms with Crippen molar-refractivity contribution in [2.24, 2.45) is 5.92 Å². The van der Waals surface area contributed by atoms with Crippen LogP contribution in [0.25, 0.3) is 0 Å². The molecule has 0 spiro atoms. The molecular weight excluding hydrogens is 231 g/mol. The summed E-state index contributed by atoms with van der Waals surface area (Å²) < 4.78 is 36.1. The molecule has 1 unspecified atom stereocenters. The van der Waals surface area contributed by atoms with Crippen LogP contribution in [-0.4, -0.2) is 46.9 Å². The molecule has 0 radical (unpaired) electrons. The molecule has 1 rings (SSSR count). The lowest BCUT2D eigenvalue weighted by Gasteiger charge is -2.30. The van der Waals surface area contributed by atoms with Crippen molar-refractivity contribution in [2.75, 3.05) is 13.1 Å². The van der Waals surface area contributed by atoms with E-state index in [2.05, 4.69) is 0 Å². The molecule has 0 aromatic heterocycles. The van der Waals surface area contributed by atoms with Crippen molar-refractivity contribution in [1.82, 2.24) is 4.90 Å². The molecule has 1 amide bonds. The maximum absolute atomic E-state index is 12.0. The van der Waals surface area contributed by atoms with E-state index in [1.165, 1.54) is 0 Å². The van der Waals surface area contributed by atoms with Gasteiger partial charge in [0.2, 0.25) is 0 Å². The Kier molecular flexibility index (Phi) is 3.20. The number of carboxylic acids is 1. The third kappa shape index (κ3) is 2.50. The molecule has 5 nitrogen and oxygen atoms in total. The van der Waals surface area contributed by atoms with Gasteiger partial charge in [-0.2, -0.15) is 13.2 Å². The van der Waals surface area contributed by atoms with E-state index in [1.54, 1.807) is 0 Å². The highest BCUT2D eigenvalue weighted by atomic mass is 19.4. The predicted octanol–water partition coefficient (Wildman–Crippen LogP) is 0.0509. The van der Waals surface area contributed by atoms with Crippen molar-refractivity contribution in [3.05, 3.63) is 0 Å². The molecule has 16 heavy (non-hydrogen) atoms. The van der Waals surface area contributed by atoms with Gasteiger partial charge in [-0.25, -0.2) is 0 Å². The third-order valence-corrected chi connectivity index (χ3v) is 2.25. The number of rotatable bonds is 1. The zero-order valence-corrected chi connectivity index (χ0v) is 7.95. The zero-order valence-electron chi connectivity index (χ0n) is 7.95. The topological polar surface area (TPSA) is 74.7 Å². The van der Waals surface area contributed by atoms with Crippen molar-refractivity contribution < 1.29 is 32.7 Å². The summed E-state index contributed by atoms with van der Waals surface area (Å²) in [6.45, 7) is -1.10. The van der Waals surface area contributed by atoms with E-state index in [9.17, 15) is 27.6 Å². The average molecular weight is 239 g/mol. The number of hydrogen-bond acceptors (Lipinski definition) is 3. The minimum absolute atomic E-state index is 0.347. The fraction of sp³-hybridized carbons (Fsp3) is 0.625. The second kappa shape index (κ2) is 4.11. The third-order valence-electron chi connectivity index (χ3n) is 2.25. The van der Waals surface area contributed by atoms with Gasteiger partial charge < -0.3 is 10.0 Å². The van der Waals surface area contributed by atoms with Crippen LogP contribution in [0.2, 0.25) is 0 Å². The lowest BCUT2D eigenvalue weighted by Crippen LogP contribution is -2.50. The van der Waals surface area contributed by atoms with Crippen LogP contribution in [0.15, 0.2) is 0 Å². The van der Waals surface area contributed by atoms with Gasteiger partial charge in [0, 0.05) is 19.5 Å². The Hall–Kier alpha value is -1.60. The van der Waals surface area contributed by atoms with Crippen LogP contribution in [0.1, 0.15) is 6.42 Å². The largest absolute Gasteiger partial charge is 0.481 e. The van der Waals surface area contributed by atoms with Crippen LogP contribution in [0.5, 0.6) is 0 Å². The molecule has 1 atom stereocenters. The number of aliphatic carboxylic acids is 1. The summed E-state index contributed by atoms with van der Waals surface area (Å²) in [6, 6.07) is 0. The Morgan fingerprint density at radius 3 is 2.38 bits per heavy atom. The van der Waals surface area contributed by atoms with Crippen LogP contribution in [0.3, 0.4) is 0 Å². The number of likely N-dealkylation sites (tertiary alicyclic amines) is 1. The van der Waals surface area contributed by atoms with E-state index < -0.39 is 36.3 Å². The summed E-state index contributed by atoms with van der Waals surface area (Å²) >= 11 is 0. The number of Topliss-reactive ketones (excluding diaryl/α,β-unsaturated/α-hetero) is 1. The van der Waals surface area contributed by atoms with Crippen LogP contribution in [0.4, 0.5) is 13.2 Å². The van der Waals surface area contributed by atoms with Crippen molar-refractivity contribution in [1.29, 1.82) is 0 Å². The van der Waals surface area contributed by atoms with Gasteiger partial charge in [-0.1, -0.05) is 0 Å². The van der Waals surface area contributed by atoms with E-state index in [1.807, 2.05) is 0 Å². The van der Waals surface area contributed by atoms with Gasteiger partial charge in [-0.3, -0.25) is 14.4 Å². The van der Waals surface area contributed by atoms with Gasteiger partial charge in [0.05, 0.1) is 0 Å². The highest BCUT2D eigenvalue weighted by Crippen LogP contribution is 2.22. The Labute approximate surface area is 87.8 Å². The second-order valence-electron chi connectivity index (χ2n) is 3.36. The first kappa shape index (κ1) is 12.5. The lowest BCUT2D eigenvalue weighted by atomic mass is 9.96. The molecule has 1 N–H and O–H groups in total. The molecule has 1 aliphatic heterocycles. The summed E-state index contributed by atoms with van der Waals surface area (Å²) in [7, 11) is 0. The van der Waals surface area contributed by atoms with Crippen LogP contribution in [-0.2, 0) is 14.4 Å². The monoisotopic (exact) mass is 239 g/mol. The first-order valence-electron chi connectivity index (χ1n) is 4.35. The van der Waals surface area contributed by atoms with Crippen LogP contribution < -0.4 is 0 Å². The second-order valence-corrected chi connectivity index (χ2v) is 3.36. The summed E-state index contributed by atoms with van der Waals surface area (Å²) in [5.41, 5.74) is 0. The van der Waals surface area contributed by atoms with E-state index in [0.29, 0.717) is 4.90 Å². The van der Waals surface area contributed by atoms with Gasteiger partial charge >= 0.3 is 18.1 Å². The molecule has 0 saturated carbocycles. The van der Waals surface area contributed by atoms with Crippen molar-refractivity contribution in [2.45, 2.75) is 12.6 Å². The van der Waals surface area contributed by atoms with Crippen molar-refractivity contribution in [3.8, 4) is 0 Å². The first-order valence-corrected chi connectivity index (χ1v) is 4.35. The highest BCUT2D eigenvalue weighted by Gasteiger charge is 2.45. The van der Waals surface area contributed by atoms with Gasteiger partial charge in [-0.15, -0.1) is 0 Å². The molecule has 90 valence electrons. The molecule has 0 bridgehead atoms. The molecule has 0 aromatic carbocycles. The van der Waals surface area contributed by atoms with Gasteiger partial charge in [0.25, 0.3) is 0 Å². The number of piperidine rings is 1. The molecular formula is C8H8F3NO4. The molecule has 1 aliphatic rings. The number of carboxylic acid groups (broad SMARTS) is 1. The summed E-state index contributed by atoms with van der Waals surface area (Å²) in [4.78, 5) is 32.7. The number of carbonyl (C=O) groups is 3. The normalized spacial score (nSPS) is 22.1. The van der Waals surface area contributed by atoms with Gasteiger partial charge in [0.15, 0.2) is 5.78 Å².